The molecule has 0 aliphatic heterocycles. The first-order valence-electron chi connectivity index (χ1n) is 7.03. The highest BCUT2D eigenvalue weighted by atomic mass is 32.1. The van der Waals surface area contributed by atoms with Gasteiger partial charge in [0, 0.05) is 19.7 Å². The van der Waals surface area contributed by atoms with E-state index in [1.165, 1.54) is 11.3 Å². The van der Waals surface area contributed by atoms with Crippen LogP contribution in [0.4, 0.5) is 10.7 Å². The highest BCUT2D eigenvalue weighted by molar-refractivity contribution is 7.19. The molecule has 0 aliphatic carbocycles. The Balaban J connectivity index is 3.08. The van der Waals surface area contributed by atoms with Gasteiger partial charge in [-0.2, -0.15) is 0 Å². The summed E-state index contributed by atoms with van der Waals surface area (Å²) in [4.78, 5) is 12.5. The first-order valence-corrected chi connectivity index (χ1v) is 7.84. The zero-order valence-corrected chi connectivity index (χ0v) is 14.1. The summed E-state index contributed by atoms with van der Waals surface area (Å²) in [6.45, 7) is 8.81. The number of nitrogens with one attached hydrogen (secondary N) is 2. The standard InChI is InChI=1S/C14H25N3O3S/c1-6-16-13(18)12-10(15)11(20-8(2)3)14(21-12)17-9(4)7-19-5/h8-9,17H,6-7,15H2,1-5H3,(H,16,18). The molecule has 0 aromatic carbocycles. The van der Waals surface area contributed by atoms with Crippen molar-refractivity contribution in [3.63, 3.8) is 0 Å². The summed E-state index contributed by atoms with van der Waals surface area (Å²) in [5, 5.41) is 6.80. The van der Waals surface area contributed by atoms with Gasteiger partial charge in [-0.25, -0.2) is 0 Å². The van der Waals surface area contributed by atoms with Crippen LogP contribution in [0.1, 0.15) is 37.4 Å². The molecule has 21 heavy (non-hydrogen) atoms. The number of thiophene rings is 1. The largest absolute Gasteiger partial charge is 0.486 e. The maximum Gasteiger partial charge on any atom is 0.263 e. The molecular formula is C14H25N3O3S. The quantitative estimate of drug-likeness (QED) is 0.685. The van der Waals surface area contributed by atoms with E-state index in [2.05, 4.69) is 10.6 Å². The molecule has 7 heteroatoms. The van der Waals surface area contributed by atoms with Gasteiger partial charge in [0.25, 0.3) is 5.91 Å². The third-order valence-corrected chi connectivity index (χ3v) is 3.71. The van der Waals surface area contributed by atoms with Gasteiger partial charge in [-0.05, 0) is 27.7 Å². The number of rotatable bonds is 8. The van der Waals surface area contributed by atoms with Gasteiger partial charge in [0.2, 0.25) is 0 Å². The molecule has 1 unspecified atom stereocenters. The van der Waals surface area contributed by atoms with Crippen molar-refractivity contribution in [2.75, 3.05) is 31.3 Å². The summed E-state index contributed by atoms with van der Waals surface area (Å²) < 4.78 is 10.9. The Labute approximate surface area is 130 Å². The van der Waals surface area contributed by atoms with Crippen LogP contribution in [0.15, 0.2) is 0 Å². The maximum absolute atomic E-state index is 12.0. The smallest absolute Gasteiger partial charge is 0.263 e. The third-order valence-electron chi connectivity index (χ3n) is 2.59. The fourth-order valence-electron chi connectivity index (χ4n) is 1.80. The maximum atomic E-state index is 12.0. The Morgan fingerprint density at radius 3 is 2.57 bits per heavy atom. The second-order valence-electron chi connectivity index (χ2n) is 5.03. The fraction of sp³-hybridized carbons (Fsp3) is 0.643. The number of nitrogens with two attached hydrogens (primary N) is 1. The lowest BCUT2D eigenvalue weighted by Gasteiger charge is -2.16. The van der Waals surface area contributed by atoms with Crippen molar-refractivity contribution in [2.45, 2.75) is 39.8 Å². The third kappa shape index (κ3) is 4.78. The van der Waals surface area contributed by atoms with Crippen LogP contribution in [-0.4, -0.2) is 38.3 Å². The van der Waals surface area contributed by atoms with E-state index in [1.807, 2.05) is 27.7 Å². The number of amides is 1. The minimum Gasteiger partial charge on any atom is -0.486 e. The van der Waals surface area contributed by atoms with Gasteiger partial charge < -0.3 is 25.8 Å². The lowest BCUT2D eigenvalue weighted by atomic mass is 10.3. The van der Waals surface area contributed by atoms with Gasteiger partial charge in [-0.3, -0.25) is 4.79 Å². The predicted molar refractivity (Wildman–Crippen MR) is 87.5 cm³/mol. The van der Waals surface area contributed by atoms with Gasteiger partial charge in [-0.1, -0.05) is 0 Å². The molecule has 0 radical (unpaired) electrons. The predicted octanol–water partition coefficient (Wildman–Crippen LogP) is 2.31. The van der Waals surface area contributed by atoms with E-state index < -0.39 is 0 Å². The van der Waals surface area contributed by atoms with Gasteiger partial charge in [-0.15, -0.1) is 11.3 Å². The van der Waals surface area contributed by atoms with E-state index in [9.17, 15) is 4.79 Å². The van der Waals surface area contributed by atoms with Crippen LogP contribution < -0.4 is 21.1 Å². The Morgan fingerprint density at radius 1 is 1.38 bits per heavy atom. The van der Waals surface area contributed by atoms with Crippen LogP contribution in [0.25, 0.3) is 0 Å². The second-order valence-corrected chi connectivity index (χ2v) is 6.05. The van der Waals surface area contributed by atoms with Crippen molar-refractivity contribution < 1.29 is 14.3 Å². The van der Waals surface area contributed by atoms with Crippen LogP contribution in [0.5, 0.6) is 5.75 Å². The number of carbonyl (C=O) groups excluding carboxylic acids is 1. The minimum absolute atomic E-state index is 0.0257. The lowest BCUT2D eigenvalue weighted by molar-refractivity contribution is 0.0960. The van der Waals surface area contributed by atoms with Crippen molar-refractivity contribution >= 4 is 27.9 Å². The van der Waals surface area contributed by atoms with Crippen molar-refractivity contribution in [3.05, 3.63) is 4.88 Å². The molecule has 1 amide bonds. The fourth-order valence-corrected chi connectivity index (χ4v) is 2.88. The van der Waals surface area contributed by atoms with Crippen molar-refractivity contribution in [1.29, 1.82) is 0 Å². The van der Waals surface area contributed by atoms with E-state index in [1.54, 1.807) is 7.11 Å². The van der Waals surface area contributed by atoms with E-state index >= 15 is 0 Å². The number of hydrogen-bond acceptors (Lipinski definition) is 6. The highest BCUT2D eigenvalue weighted by Gasteiger charge is 2.23. The van der Waals surface area contributed by atoms with Crippen molar-refractivity contribution in [2.24, 2.45) is 0 Å². The van der Waals surface area contributed by atoms with E-state index in [4.69, 9.17) is 15.2 Å². The summed E-state index contributed by atoms with van der Waals surface area (Å²) in [6.07, 6.45) is -0.0257. The Bertz CT molecular complexity index is 474. The van der Waals surface area contributed by atoms with Crippen molar-refractivity contribution in [3.8, 4) is 5.75 Å². The van der Waals surface area contributed by atoms with Crippen LogP contribution in [-0.2, 0) is 4.74 Å². The normalized spacial score (nSPS) is 12.3. The molecule has 4 N–H and O–H groups in total. The highest BCUT2D eigenvalue weighted by Crippen LogP contribution is 2.43. The summed E-state index contributed by atoms with van der Waals surface area (Å²) in [7, 11) is 1.65. The first-order chi connectivity index (χ1) is 9.90. The Morgan fingerprint density at radius 2 is 2.05 bits per heavy atom. The number of hydrogen-bond donors (Lipinski definition) is 3. The number of carbonyl (C=O) groups is 1. The van der Waals surface area contributed by atoms with Crippen molar-refractivity contribution in [1.82, 2.24) is 5.32 Å². The van der Waals surface area contributed by atoms with Gasteiger partial charge in [0.05, 0.1) is 12.7 Å². The topological polar surface area (TPSA) is 85.6 Å². The zero-order chi connectivity index (χ0) is 16.0. The number of nitrogen functional groups attached to an aromatic ring is 1. The monoisotopic (exact) mass is 315 g/mol. The zero-order valence-electron chi connectivity index (χ0n) is 13.3. The van der Waals surface area contributed by atoms with Gasteiger partial charge in [0.1, 0.15) is 15.6 Å². The molecule has 120 valence electrons. The Kier molecular flexibility index (Phi) is 6.77. The molecule has 0 fully saturated rings. The lowest BCUT2D eigenvalue weighted by Crippen LogP contribution is -2.22. The molecule has 6 nitrogen and oxygen atoms in total. The average Bonchev–Trinajstić information content (AvgIpc) is 2.68. The number of ether oxygens (including phenoxy) is 2. The molecule has 0 spiro atoms. The summed E-state index contributed by atoms with van der Waals surface area (Å²) in [5.41, 5.74) is 6.47. The molecule has 0 aliphatic rings. The summed E-state index contributed by atoms with van der Waals surface area (Å²) >= 11 is 1.30. The number of methoxy groups -OCH3 is 1. The molecule has 1 aromatic heterocycles. The summed E-state index contributed by atoms with van der Waals surface area (Å²) in [5.74, 6) is 0.361. The van der Waals surface area contributed by atoms with Crippen LogP contribution >= 0.6 is 11.3 Å². The first kappa shape index (κ1) is 17.6. The molecule has 1 atom stereocenters. The molecule has 0 saturated carbocycles. The Hall–Kier alpha value is -1.47. The molecular weight excluding hydrogens is 290 g/mol. The van der Waals surface area contributed by atoms with E-state index in [-0.39, 0.29) is 18.1 Å². The van der Waals surface area contributed by atoms with Gasteiger partial charge in [0.15, 0.2) is 5.75 Å². The minimum atomic E-state index is -0.180. The molecule has 0 bridgehead atoms. The molecule has 1 aromatic rings. The van der Waals surface area contributed by atoms with Gasteiger partial charge >= 0.3 is 0 Å². The molecule has 1 rings (SSSR count). The number of anilines is 2. The van der Waals surface area contributed by atoms with Crippen LogP contribution in [0.2, 0.25) is 0 Å². The average molecular weight is 315 g/mol. The van der Waals surface area contributed by atoms with E-state index in [0.717, 1.165) is 5.00 Å². The molecule has 0 saturated heterocycles. The summed E-state index contributed by atoms with van der Waals surface area (Å²) in [6, 6.07) is 0.0876. The SMILES string of the molecule is CCNC(=O)c1sc(NC(C)COC)c(OC(C)C)c1N. The van der Waals surface area contributed by atoms with Crippen LogP contribution in [0, 0.1) is 0 Å². The van der Waals surface area contributed by atoms with E-state index in [0.29, 0.717) is 29.5 Å². The second kappa shape index (κ2) is 8.09. The molecule has 1 heterocycles. The van der Waals surface area contributed by atoms with Crippen LogP contribution in [0.3, 0.4) is 0 Å².